The summed E-state index contributed by atoms with van der Waals surface area (Å²) in [4.78, 5) is 10.1. The van der Waals surface area contributed by atoms with E-state index in [4.69, 9.17) is 11.6 Å². The maximum atomic E-state index is 11.3. The van der Waals surface area contributed by atoms with Crippen molar-refractivity contribution in [3.05, 3.63) is 40.9 Å². The van der Waals surface area contributed by atoms with E-state index in [-0.39, 0.29) is 77.2 Å². The average Bonchev–Trinajstić information content (AvgIpc) is 2.02. The molecule has 9 heteroatoms. The van der Waals surface area contributed by atoms with E-state index in [0.717, 1.165) is 0 Å². The number of amides is 1. The van der Waals surface area contributed by atoms with Gasteiger partial charge in [0, 0.05) is 0 Å². The van der Waals surface area contributed by atoms with E-state index in [1.54, 1.807) is 0 Å². The van der Waals surface area contributed by atoms with E-state index in [0.29, 0.717) is 0 Å². The molecule has 0 N–H and O–H groups in total. The number of carbonyl (C=O) groups is 1. The third-order valence-electron chi connectivity index (χ3n) is 1.25. The Morgan fingerprint density at radius 1 is 1.41 bits per heavy atom. The van der Waals surface area contributed by atoms with Crippen LogP contribution in [0, 0.1) is 13.0 Å². The van der Waals surface area contributed by atoms with E-state index < -0.39 is 15.9 Å². The molecule has 0 radical (unpaired) electrons. The van der Waals surface area contributed by atoms with Gasteiger partial charge >= 0.3 is 67.3 Å². The Kier molecular flexibility index (Phi) is 13.4. The normalized spacial score (nSPS) is 9.00. The second-order valence-electron chi connectivity index (χ2n) is 2.31. The summed E-state index contributed by atoms with van der Waals surface area (Å²) in [7, 11) is -4.06. The molecule has 4 nitrogen and oxygen atoms in total. The van der Waals surface area contributed by atoms with Crippen molar-refractivity contribution >= 4 is 27.5 Å². The fourth-order valence-corrected chi connectivity index (χ4v) is 2.09. The molecule has 0 heterocycles. The summed E-state index contributed by atoms with van der Waals surface area (Å²) in [5, 5.41) is -0.0301. The number of hydrogen-bond acceptors (Lipinski definition) is 3. The predicted octanol–water partition coefficient (Wildman–Crippen LogP) is -7.42. The smallest absolute Gasteiger partial charge is 0.570 e. The second kappa shape index (κ2) is 9.86. The van der Waals surface area contributed by atoms with Gasteiger partial charge in [0.1, 0.15) is 10.0 Å². The number of hydrogen-bond donors (Lipinski definition) is 0. The first kappa shape index (κ1) is 23.1. The Morgan fingerprint density at radius 2 is 1.94 bits per heavy atom. The van der Waals surface area contributed by atoms with Gasteiger partial charge in [-0.25, -0.2) is 8.42 Å². The summed E-state index contributed by atoms with van der Waals surface area (Å²) >= 11 is 5.59. The van der Waals surface area contributed by atoms with Gasteiger partial charge in [0.2, 0.25) is 0 Å². The fourth-order valence-electron chi connectivity index (χ4n) is 0.778. The fraction of sp³-hybridized carbons (Fsp3) is 0. The summed E-state index contributed by atoms with van der Waals surface area (Å²) in [5.74, 6) is -1.04. The molecule has 0 atom stereocenters. The topological polar surface area (TPSA) is 65.3 Å². The van der Waals surface area contributed by atoms with Crippen LogP contribution in [-0.2, 0) is 14.8 Å². The van der Waals surface area contributed by atoms with Crippen molar-refractivity contribution in [2.24, 2.45) is 0 Å². The molecule has 0 aliphatic carbocycles. The van der Waals surface area contributed by atoms with Crippen LogP contribution >= 0.6 is 11.6 Å². The molecule has 0 aliphatic heterocycles. The molecular weight excluding hydrogens is 262 g/mol. The third kappa shape index (κ3) is 7.23. The predicted molar refractivity (Wildman–Crippen MR) is 51.2 cm³/mol. The van der Waals surface area contributed by atoms with Gasteiger partial charge in [-0.15, -0.1) is 0 Å². The molecule has 0 aliphatic rings. The van der Waals surface area contributed by atoms with Crippen LogP contribution < -0.4 is 67.3 Å². The quantitative estimate of drug-likeness (QED) is 0.395. The van der Waals surface area contributed by atoms with Crippen LogP contribution in [0.3, 0.4) is 0 Å². The summed E-state index contributed by atoms with van der Waals surface area (Å²) in [6, 6.07) is 6.64. The van der Waals surface area contributed by atoms with E-state index >= 15 is 0 Å². The Bertz CT molecular complexity index is 470. The van der Waals surface area contributed by atoms with Crippen molar-refractivity contribution in [1.29, 1.82) is 0 Å². The largest absolute Gasteiger partial charge is 1.00 e. The van der Waals surface area contributed by atoms with Gasteiger partial charge in [0.25, 0.3) is 0 Å². The monoisotopic (exact) mass is 267 g/mol. The molecule has 0 bridgehead atoms. The van der Waals surface area contributed by atoms with Crippen LogP contribution in [0.15, 0.2) is 23.1 Å². The molecule has 0 fully saturated rings. The van der Waals surface area contributed by atoms with E-state index in [1.807, 2.05) is 0 Å². The minimum atomic E-state index is -4.06. The van der Waals surface area contributed by atoms with Crippen molar-refractivity contribution in [3.8, 4) is 0 Å². The Hall–Kier alpha value is 0.995. The summed E-state index contributed by atoms with van der Waals surface area (Å²) in [5.41, 5.74) is 0. The molecule has 1 rings (SSSR count). The van der Waals surface area contributed by atoms with Crippen LogP contribution in [0.25, 0.3) is 4.72 Å². The number of rotatable bonds is 2. The van der Waals surface area contributed by atoms with Gasteiger partial charge in [-0.3, -0.25) is 0 Å². The maximum absolute atomic E-state index is 11.3. The Labute approximate surface area is 152 Å². The summed E-state index contributed by atoms with van der Waals surface area (Å²) in [6.45, 7) is 2.84. The Balaban J connectivity index is -0.000000653. The first-order chi connectivity index (χ1) is 6.43. The van der Waals surface area contributed by atoms with E-state index in [9.17, 15) is 13.2 Å². The Morgan fingerprint density at radius 3 is 2.35 bits per heavy atom. The minimum Gasteiger partial charge on any atom is -0.570 e. The van der Waals surface area contributed by atoms with E-state index in [1.165, 1.54) is 18.2 Å². The van der Waals surface area contributed by atoms with Gasteiger partial charge in [-0.05, 0) is 4.90 Å². The molecule has 0 saturated heterocycles. The van der Waals surface area contributed by atoms with Gasteiger partial charge in [0.05, 0.1) is 0 Å². The average molecular weight is 268 g/mol. The number of nitrogens with zero attached hydrogens (tertiary/aromatic N) is 1. The first-order valence-electron chi connectivity index (χ1n) is 3.43. The summed E-state index contributed by atoms with van der Waals surface area (Å²) in [6.07, 6.45) is 0. The van der Waals surface area contributed by atoms with Crippen LogP contribution in [0.2, 0.25) is 5.02 Å². The van der Waals surface area contributed by atoms with Gasteiger partial charge in [0.15, 0.2) is 0 Å². The number of carbonyl (C=O) groups excluding carboxylic acids is 1. The van der Waals surface area contributed by atoms with Crippen LogP contribution in [0.5, 0.6) is 0 Å². The maximum Gasteiger partial charge on any atom is 1.00 e. The van der Waals surface area contributed by atoms with Crippen molar-refractivity contribution in [2.45, 2.75) is 4.90 Å². The molecule has 1 amide bonds. The minimum absolute atomic E-state index is 0. The summed E-state index contributed by atoms with van der Waals surface area (Å²) < 4.78 is 25.5. The van der Waals surface area contributed by atoms with Crippen molar-refractivity contribution in [3.63, 3.8) is 0 Å². The zero-order chi connectivity index (χ0) is 10.8. The zero-order valence-electron chi connectivity index (χ0n) is 9.90. The molecule has 1 aromatic carbocycles. The number of halogens is 1. The number of sulfonamides is 1. The van der Waals surface area contributed by atoms with Gasteiger partial charge in [-0.1, -0.05) is 10.9 Å². The van der Waals surface area contributed by atoms with Crippen molar-refractivity contribution in [1.82, 2.24) is 0 Å². The van der Waals surface area contributed by atoms with Crippen molar-refractivity contribution < 1.29 is 80.5 Å². The van der Waals surface area contributed by atoms with Crippen LogP contribution in [0.4, 0.5) is 0 Å². The van der Waals surface area contributed by atoms with E-state index in [2.05, 4.69) is 17.7 Å². The third-order valence-corrected chi connectivity index (χ3v) is 2.97. The molecule has 0 aromatic heterocycles. The first-order valence-corrected chi connectivity index (χ1v) is 5.25. The van der Waals surface area contributed by atoms with Crippen molar-refractivity contribution in [2.75, 3.05) is 0 Å². The van der Waals surface area contributed by atoms with Gasteiger partial charge in [-0.2, -0.15) is 35.9 Å². The molecule has 1 aromatic rings. The SMILES string of the molecule is [CH2-]C(=O)[N-]S(=O)(=O)c1[c-]cccc1Cl.[Li+].[Li+].[Na+]. The zero-order valence-corrected chi connectivity index (χ0v) is 13.5. The van der Waals surface area contributed by atoms with Gasteiger partial charge < -0.3 is 16.4 Å². The molecule has 76 valence electrons. The molecule has 0 spiro atoms. The molecule has 17 heavy (non-hydrogen) atoms. The van der Waals surface area contributed by atoms with Crippen LogP contribution in [0.1, 0.15) is 0 Å². The molecule has 0 saturated carbocycles. The molecule has 0 unspecified atom stereocenters. The standard InChI is InChI=1S/C8H6ClNO3S.2Li.Na/c1-6(11)10-14(12,13)8-5-3-2-4-7(8)9;;;/h2-4H,1H2,(H,10,11);;;/q-2;3*+1/p-1. The second-order valence-corrected chi connectivity index (χ2v) is 4.26. The van der Waals surface area contributed by atoms with Crippen LogP contribution in [-0.4, -0.2) is 14.3 Å². The number of benzene rings is 1. The molecular formula is C8H5ClLi2NNaO3S.